The molecule has 2 aliphatic heterocycles. The van der Waals surface area contributed by atoms with Crippen LogP contribution in [0.25, 0.3) is 0 Å². The topological polar surface area (TPSA) is 48.1 Å². The van der Waals surface area contributed by atoms with E-state index in [1.54, 1.807) is 0 Å². The van der Waals surface area contributed by atoms with Crippen molar-refractivity contribution in [2.24, 2.45) is 0 Å². The molecule has 2 heterocycles. The molecule has 4 rings (SSSR count). The molecule has 0 atom stereocenters. The van der Waals surface area contributed by atoms with Crippen molar-refractivity contribution in [1.82, 2.24) is 15.1 Å². The van der Waals surface area contributed by atoms with Gasteiger partial charge in [-0.05, 0) is 35.4 Å². The molecule has 0 radical (unpaired) electrons. The highest BCUT2D eigenvalue weighted by Crippen LogP contribution is 2.16. The highest BCUT2D eigenvalue weighted by Gasteiger charge is 2.19. The number of carbonyl (C=O) groups excluding carboxylic acids is 1. The van der Waals surface area contributed by atoms with E-state index in [9.17, 15) is 9.18 Å². The van der Waals surface area contributed by atoms with Gasteiger partial charge < -0.3 is 15.0 Å². The van der Waals surface area contributed by atoms with E-state index in [1.165, 1.54) is 17.7 Å². The number of anilines is 1. The van der Waals surface area contributed by atoms with E-state index < -0.39 is 0 Å². The molecule has 2 aliphatic rings. The van der Waals surface area contributed by atoms with E-state index >= 15 is 0 Å². The molecular formula is C24H31FN4O2. The number of piperazine rings is 1. The molecule has 2 aromatic carbocycles. The molecule has 1 amide bonds. The molecule has 0 bridgehead atoms. The van der Waals surface area contributed by atoms with Gasteiger partial charge >= 0.3 is 0 Å². The molecule has 166 valence electrons. The zero-order chi connectivity index (χ0) is 21.5. The number of carbonyl (C=O) groups is 1. The first-order chi connectivity index (χ1) is 15.2. The van der Waals surface area contributed by atoms with Crippen LogP contribution in [0.15, 0.2) is 48.5 Å². The fraction of sp³-hybridized carbons (Fsp3) is 0.458. The third-order valence-corrected chi connectivity index (χ3v) is 5.95. The Morgan fingerprint density at radius 1 is 0.839 bits per heavy atom. The van der Waals surface area contributed by atoms with Gasteiger partial charge in [0.15, 0.2) is 0 Å². The maximum Gasteiger partial charge on any atom is 0.234 e. The van der Waals surface area contributed by atoms with Crippen molar-refractivity contribution < 1.29 is 13.9 Å². The zero-order valence-electron chi connectivity index (χ0n) is 17.9. The van der Waals surface area contributed by atoms with Crippen LogP contribution < -0.4 is 10.2 Å². The van der Waals surface area contributed by atoms with E-state index in [0.717, 1.165) is 70.3 Å². The molecule has 0 unspecified atom stereocenters. The van der Waals surface area contributed by atoms with E-state index in [-0.39, 0.29) is 11.7 Å². The summed E-state index contributed by atoms with van der Waals surface area (Å²) in [6, 6.07) is 15.1. The molecule has 0 spiro atoms. The van der Waals surface area contributed by atoms with Crippen molar-refractivity contribution in [2.45, 2.75) is 13.1 Å². The molecular weight excluding hydrogens is 395 g/mol. The highest BCUT2D eigenvalue weighted by molar-refractivity contribution is 5.78. The summed E-state index contributed by atoms with van der Waals surface area (Å²) in [5.41, 5.74) is 3.43. The van der Waals surface area contributed by atoms with Gasteiger partial charge in [-0.1, -0.05) is 24.3 Å². The molecule has 2 aromatic rings. The fourth-order valence-electron chi connectivity index (χ4n) is 4.06. The molecule has 0 aromatic heterocycles. The summed E-state index contributed by atoms with van der Waals surface area (Å²) in [5, 5.41) is 3.03. The van der Waals surface area contributed by atoms with E-state index in [4.69, 9.17) is 4.74 Å². The van der Waals surface area contributed by atoms with Gasteiger partial charge in [0.2, 0.25) is 5.91 Å². The highest BCUT2D eigenvalue weighted by atomic mass is 19.1. The van der Waals surface area contributed by atoms with Gasteiger partial charge in [0.05, 0.1) is 19.8 Å². The summed E-state index contributed by atoms with van der Waals surface area (Å²) in [5.74, 6) is -0.168. The number of ether oxygens (including phenoxy) is 1. The number of rotatable bonds is 7. The minimum absolute atomic E-state index is 0.0487. The van der Waals surface area contributed by atoms with Crippen molar-refractivity contribution in [2.75, 3.05) is 63.9 Å². The number of hydrogen-bond donors (Lipinski definition) is 1. The second kappa shape index (κ2) is 10.7. The normalized spacial score (nSPS) is 18.2. The second-order valence-corrected chi connectivity index (χ2v) is 8.22. The van der Waals surface area contributed by atoms with Crippen molar-refractivity contribution in [3.63, 3.8) is 0 Å². The van der Waals surface area contributed by atoms with Gasteiger partial charge in [-0.2, -0.15) is 0 Å². The Balaban J connectivity index is 1.16. The minimum atomic E-state index is -0.217. The van der Waals surface area contributed by atoms with Crippen LogP contribution >= 0.6 is 0 Å². The molecule has 0 aliphatic carbocycles. The van der Waals surface area contributed by atoms with Crippen LogP contribution in [0.1, 0.15) is 11.1 Å². The predicted molar refractivity (Wildman–Crippen MR) is 119 cm³/mol. The fourth-order valence-corrected chi connectivity index (χ4v) is 4.06. The summed E-state index contributed by atoms with van der Waals surface area (Å²) >= 11 is 0. The van der Waals surface area contributed by atoms with Crippen LogP contribution in [-0.2, 0) is 22.6 Å². The molecule has 0 saturated carbocycles. The van der Waals surface area contributed by atoms with Gasteiger partial charge in [-0.25, -0.2) is 4.39 Å². The van der Waals surface area contributed by atoms with Crippen molar-refractivity contribution in [3.05, 3.63) is 65.5 Å². The number of nitrogens with zero attached hydrogens (tertiary/aromatic N) is 3. The van der Waals surface area contributed by atoms with E-state index in [2.05, 4.69) is 44.3 Å². The SMILES string of the molecule is O=C(CN1CCN(c2ccc(F)cc2)CC1)NCc1ccc(CN2CCOCC2)cc1. The summed E-state index contributed by atoms with van der Waals surface area (Å²) in [6.07, 6.45) is 0. The minimum Gasteiger partial charge on any atom is -0.379 e. The number of morpholine rings is 1. The maximum absolute atomic E-state index is 13.1. The quantitative estimate of drug-likeness (QED) is 0.735. The summed E-state index contributed by atoms with van der Waals surface area (Å²) < 4.78 is 18.5. The summed E-state index contributed by atoms with van der Waals surface area (Å²) in [6.45, 7) is 8.80. The van der Waals surface area contributed by atoms with Crippen molar-refractivity contribution in [1.29, 1.82) is 0 Å². The Kier molecular flexibility index (Phi) is 7.51. The molecule has 2 fully saturated rings. The van der Waals surface area contributed by atoms with Gasteiger partial charge in [0, 0.05) is 58.0 Å². The van der Waals surface area contributed by atoms with E-state index in [0.29, 0.717) is 13.1 Å². The Morgan fingerprint density at radius 2 is 1.48 bits per heavy atom. The van der Waals surface area contributed by atoms with Gasteiger partial charge in [0.25, 0.3) is 0 Å². The Bertz CT molecular complexity index is 830. The zero-order valence-corrected chi connectivity index (χ0v) is 17.9. The maximum atomic E-state index is 13.1. The summed E-state index contributed by atoms with van der Waals surface area (Å²) in [4.78, 5) is 19.2. The van der Waals surface area contributed by atoms with Gasteiger partial charge in [0.1, 0.15) is 5.82 Å². The van der Waals surface area contributed by atoms with Crippen LogP contribution in [0.2, 0.25) is 0 Å². The third kappa shape index (κ3) is 6.50. The number of hydrogen-bond acceptors (Lipinski definition) is 5. The average Bonchev–Trinajstić information content (AvgIpc) is 2.80. The molecule has 2 saturated heterocycles. The largest absolute Gasteiger partial charge is 0.379 e. The first-order valence-corrected chi connectivity index (χ1v) is 11.0. The van der Waals surface area contributed by atoms with Crippen molar-refractivity contribution in [3.8, 4) is 0 Å². The van der Waals surface area contributed by atoms with Crippen LogP contribution in [0.4, 0.5) is 10.1 Å². The van der Waals surface area contributed by atoms with Crippen LogP contribution in [0.5, 0.6) is 0 Å². The number of benzene rings is 2. The third-order valence-electron chi connectivity index (χ3n) is 5.95. The lowest BCUT2D eigenvalue weighted by Crippen LogP contribution is -2.49. The van der Waals surface area contributed by atoms with Crippen molar-refractivity contribution >= 4 is 11.6 Å². The number of halogens is 1. The number of amides is 1. The molecule has 7 heteroatoms. The Labute approximate surface area is 183 Å². The lowest BCUT2D eigenvalue weighted by Gasteiger charge is -2.35. The second-order valence-electron chi connectivity index (χ2n) is 8.22. The van der Waals surface area contributed by atoms with E-state index in [1.807, 2.05) is 12.1 Å². The van der Waals surface area contributed by atoms with Gasteiger partial charge in [-0.3, -0.25) is 14.6 Å². The van der Waals surface area contributed by atoms with Crippen LogP contribution in [-0.4, -0.2) is 74.7 Å². The monoisotopic (exact) mass is 426 g/mol. The Hall–Kier alpha value is -2.48. The lowest BCUT2D eigenvalue weighted by atomic mass is 10.1. The first-order valence-electron chi connectivity index (χ1n) is 11.0. The Morgan fingerprint density at radius 3 is 2.16 bits per heavy atom. The first kappa shape index (κ1) is 21.7. The standard InChI is InChI=1S/C24H31FN4O2/c25-22-5-7-23(8-6-22)29-11-9-27(10-12-29)19-24(30)26-17-20-1-3-21(4-2-20)18-28-13-15-31-16-14-28/h1-8H,9-19H2,(H,26,30). The smallest absolute Gasteiger partial charge is 0.234 e. The predicted octanol–water partition coefficient (Wildman–Crippen LogP) is 2.10. The average molecular weight is 427 g/mol. The molecule has 6 nitrogen and oxygen atoms in total. The summed E-state index contributed by atoms with van der Waals surface area (Å²) in [7, 11) is 0. The molecule has 31 heavy (non-hydrogen) atoms. The van der Waals surface area contributed by atoms with Crippen LogP contribution in [0.3, 0.4) is 0 Å². The lowest BCUT2D eigenvalue weighted by molar-refractivity contribution is -0.122. The molecule has 1 N–H and O–H groups in total. The number of nitrogens with one attached hydrogen (secondary N) is 1. The van der Waals surface area contributed by atoms with Crippen LogP contribution in [0, 0.1) is 5.82 Å². The van der Waals surface area contributed by atoms with Gasteiger partial charge in [-0.15, -0.1) is 0 Å².